The Hall–Kier alpha value is -4.60. The number of methoxy groups -OCH3 is 1. The maximum absolute atomic E-state index is 14.3. The Morgan fingerprint density at radius 3 is 2.59 bits per heavy atom. The number of benzene rings is 2. The summed E-state index contributed by atoms with van der Waals surface area (Å²) < 4.78 is 6.42. The lowest BCUT2D eigenvalue weighted by atomic mass is 10.0. The van der Waals surface area contributed by atoms with Gasteiger partial charge in [-0.2, -0.15) is 4.98 Å². The molecule has 0 unspecified atom stereocenters. The molecule has 0 spiro atoms. The molecule has 1 atom stereocenters. The van der Waals surface area contributed by atoms with Crippen molar-refractivity contribution in [1.82, 2.24) is 19.5 Å². The zero-order chi connectivity index (χ0) is 29.4. The number of esters is 1. The molecule has 0 aliphatic heterocycles. The van der Waals surface area contributed by atoms with E-state index in [0.717, 1.165) is 36.1 Å². The minimum absolute atomic E-state index is 0.129. The molecule has 41 heavy (non-hydrogen) atoms. The first-order chi connectivity index (χ1) is 19.9. The van der Waals surface area contributed by atoms with Gasteiger partial charge in [-0.15, -0.1) is 0 Å². The SMILES string of the molecule is CC[C@H](Nc1nc(N)nc(C)c1C=NC)c1nc2cccc(CCCCCC(=O)OC)c2c(=O)n1-c1ccccc1. The summed E-state index contributed by atoms with van der Waals surface area (Å²) in [5.74, 6) is 1.05. The predicted octanol–water partition coefficient (Wildman–Crippen LogP) is 4.95. The molecule has 10 nitrogen and oxygen atoms in total. The van der Waals surface area contributed by atoms with E-state index >= 15 is 0 Å². The van der Waals surface area contributed by atoms with Crippen molar-refractivity contribution in [1.29, 1.82) is 0 Å². The van der Waals surface area contributed by atoms with Gasteiger partial charge in [-0.25, -0.2) is 9.97 Å². The van der Waals surface area contributed by atoms with Crippen LogP contribution in [-0.4, -0.2) is 45.9 Å². The monoisotopic (exact) mass is 555 g/mol. The number of anilines is 2. The number of carbonyl (C=O) groups is 1. The third-order valence-corrected chi connectivity index (χ3v) is 7.02. The largest absolute Gasteiger partial charge is 0.469 e. The van der Waals surface area contributed by atoms with Gasteiger partial charge in [0.25, 0.3) is 5.56 Å². The Balaban J connectivity index is 1.80. The van der Waals surface area contributed by atoms with Gasteiger partial charge in [0.15, 0.2) is 0 Å². The second-order valence-corrected chi connectivity index (χ2v) is 9.82. The Labute approximate surface area is 239 Å². The molecule has 0 saturated heterocycles. The summed E-state index contributed by atoms with van der Waals surface area (Å²) in [6, 6.07) is 15.0. The quantitative estimate of drug-likeness (QED) is 0.142. The zero-order valence-corrected chi connectivity index (χ0v) is 24.1. The van der Waals surface area contributed by atoms with Crippen LogP contribution in [0.3, 0.4) is 0 Å². The lowest BCUT2D eigenvalue weighted by molar-refractivity contribution is -0.140. The van der Waals surface area contributed by atoms with Crippen LogP contribution >= 0.6 is 0 Å². The number of aryl methyl sites for hydroxylation is 2. The third kappa shape index (κ3) is 6.77. The van der Waals surface area contributed by atoms with Crippen LogP contribution < -0.4 is 16.6 Å². The number of hydrogen-bond donors (Lipinski definition) is 2. The molecule has 214 valence electrons. The molecule has 10 heteroatoms. The number of aromatic nitrogens is 4. The molecule has 4 aromatic rings. The van der Waals surface area contributed by atoms with Crippen molar-refractivity contribution in [3.05, 3.63) is 81.5 Å². The highest BCUT2D eigenvalue weighted by molar-refractivity contribution is 5.88. The van der Waals surface area contributed by atoms with E-state index in [9.17, 15) is 9.59 Å². The van der Waals surface area contributed by atoms with E-state index in [0.29, 0.717) is 47.5 Å². The maximum Gasteiger partial charge on any atom is 0.305 e. The van der Waals surface area contributed by atoms with Crippen LogP contribution in [0.15, 0.2) is 58.3 Å². The fraction of sp³-hybridized carbons (Fsp3) is 0.355. The Morgan fingerprint density at radius 1 is 1.10 bits per heavy atom. The van der Waals surface area contributed by atoms with Crippen LogP contribution in [0.25, 0.3) is 16.6 Å². The minimum atomic E-state index is -0.369. The van der Waals surface area contributed by atoms with Crippen LogP contribution in [0.5, 0.6) is 0 Å². The smallest absolute Gasteiger partial charge is 0.305 e. The van der Waals surface area contributed by atoms with E-state index in [4.69, 9.17) is 15.5 Å². The summed E-state index contributed by atoms with van der Waals surface area (Å²) in [5.41, 5.74) is 9.59. The number of carbonyl (C=O) groups excluding carboxylic acids is 1. The first kappa shape index (κ1) is 29.4. The van der Waals surface area contributed by atoms with E-state index < -0.39 is 0 Å². The third-order valence-electron chi connectivity index (χ3n) is 7.02. The predicted molar refractivity (Wildman–Crippen MR) is 163 cm³/mol. The summed E-state index contributed by atoms with van der Waals surface area (Å²) in [7, 11) is 3.09. The molecular formula is C31H37N7O3. The zero-order valence-electron chi connectivity index (χ0n) is 24.1. The summed E-state index contributed by atoms with van der Waals surface area (Å²) in [6.07, 6.45) is 5.87. The molecule has 0 saturated carbocycles. The van der Waals surface area contributed by atoms with Crippen LogP contribution in [-0.2, 0) is 16.0 Å². The standard InChI is InChI=1S/C31H37N7O3/c1-5-24(35-28-23(19-33-3)20(2)34-31(32)37-28)29-36-25-17-12-14-21(13-8-6-11-18-26(39)41-4)27(25)30(40)38(29)22-15-9-7-10-16-22/h7,9-10,12,14-17,19,24H,5-6,8,11,13,18H2,1-4H3,(H3,32,34,35,37)/t24-/m0/s1. The van der Waals surface area contributed by atoms with Crippen molar-refractivity contribution in [3.63, 3.8) is 0 Å². The van der Waals surface area contributed by atoms with Gasteiger partial charge in [-0.1, -0.05) is 43.7 Å². The number of aliphatic imine (C=N–C) groups is 1. The molecular weight excluding hydrogens is 518 g/mol. The maximum atomic E-state index is 14.3. The molecule has 0 amide bonds. The average molecular weight is 556 g/mol. The van der Waals surface area contributed by atoms with Crippen molar-refractivity contribution in [3.8, 4) is 5.69 Å². The number of hydrogen-bond acceptors (Lipinski definition) is 9. The van der Waals surface area contributed by atoms with Gasteiger partial charge >= 0.3 is 5.97 Å². The lowest BCUT2D eigenvalue weighted by Crippen LogP contribution is -2.29. The van der Waals surface area contributed by atoms with Crippen LogP contribution in [0.2, 0.25) is 0 Å². The van der Waals surface area contributed by atoms with Gasteiger partial charge in [-0.3, -0.25) is 19.1 Å². The fourth-order valence-corrected chi connectivity index (χ4v) is 4.96. The molecule has 2 aromatic carbocycles. The van der Waals surface area contributed by atoms with E-state index in [1.165, 1.54) is 7.11 Å². The molecule has 0 bridgehead atoms. The lowest BCUT2D eigenvalue weighted by Gasteiger charge is -2.23. The van der Waals surface area contributed by atoms with E-state index in [1.807, 2.05) is 62.4 Å². The van der Waals surface area contributed by atoms with E-state index in [-0.39, 0.29) is 23.5 Å². The number of unbranched alkanes of at least 4 members (excludes halogenated alkanes) is 2. The van der Waals surface area contributed by atoms with Crippen molar-refractivity contribution >= 4 is 34.9 Å². The highest BCUT2D eigenvalue weighted by atomic mass is 16.5. The van der Waals surface area contributed by atoms with Crippen molar-refractivity contribution in [2.24, 2.45) is 4.99 Å². The summed E-state index contributed by atoms with van der Waals surface area (Å²) in [5, 5.41) is 4.08. The number of para-hydroxylation sites is 1. The highest BCUT2D eigenvalue weighted by Crippen LogP contribution is 2.27. The molecule has 4 rings (SSSR count). The molecule has 2 heterocycles. The highest BCUT2D eigenvalue weighted by Gasteiger charge is 2.23. The Kier molecular flexibility index (Phi) is 9.78. The number of ether oxygens (including phenoxy) is 1. The van der Waals surface area contributed by atoms with Gasteiger partial charge in [0.1, 0.15) is 11.6 Å². The molecule has 3 N–H and O–H groups in total. The van der Waals surface area contributed by atoms with Gasteiger partial charge in [0.05, 0.1) is 41.0 Å². The molecule has 0 aliphatic carbocycles. The second-order valence-electron chi connectivity index (χ2n) is 9.82. The number of nitrogens with one attached hydrogen (secondary N) is 1. The Bertz CT molecular complexity index is 1600. The number of nitrogen functional groups attached to an aromatic ring is 1. The molecule has 0 fully saturated rings. The van der Waals surface area contributed by atoms with Crippen molar-refractivity contribution < 1.29 is 9.53 Å². The van der Waals surface area contributed by atoms with Crippen molar-refractivity contribution in [2.45, 2.75) is 58.4 Å². The fourth-order valence-electron chi connectivity index (χ4n) is 4.96. The number of rotatable bonds is 12. The summed E-state index contributed by atoms with van der Waals surface area (Å²) in [6.45, 7) is 3.88. The van der Waals surface area contributed by atoms with Gasteiger partial charge < -0.3 is 15.8 Å². The first-order valence-corrected chi connectivity index (χ1v) is 13.9. The Morgan fingerprint density at radius 2 is 1.88 bits per heavy atom. The number of nitrogens with zero attached hydrogens (tertiary/aromatic N) is 5. The van der Waals surface area contributed by atoms with Crippen LogP contribution in [0.4, 0.5) is 11.8 Å². The minimum Gasteiger partial charge on any atom is -0.469 e. The second kappa shape index (κ2) is 13.6. The summed E-state index contributed by atoms with van der Waals surface area (Å²) >= 11 is 0. The van der Waals surface area contributed by atoms with Crippen molar-refractivity contribution in [2.75, 3.05) is 25.2 Å². The van der Waals surface area contributed by atoms with Gasteiger partial charge in [-0.05, 0) is 56.4 Å². The van der Waals surface area contributed by atoms with Crippen LogP contribution in [0.1, 0.15) is 67.7 Å². The van der Waals surface area contributed by atoms with E-state index in [2.05, 4.69) is 20.3 Å². The number of fused-ring (bicyclic) bond motifs is 1. The normalized spacial score (nSPS) is 12.1. The first-order valence-electron chi connectivity index (χ1n) is 13.9. The topological polar surface area (TPSA) is 137 Å². The molecule has 2 aromatic heterocycles. The van der Waals surface area contributed by atoms with Gasteiger partial charge in [0, 0.05) is 19.7 Å². The number of nitrogens with two attached hydrogens (primary N) is 1. The average Bonchev–Trinajstić information content (AvgIpc) is 2.97. The molecule has 0 aliphatic rings. The van der Waals surface area contributed by atoms with Gasteiger partial charge in [0.2, 0.25) is 5.95 Å². The molecule has 0 radical (unpaired) electrons. The summed E-state index contributed by atoms with van der Waals surface area (Å²) in [4.78, 5) is 43.7. The van der Waals surface area contributed by atoms with Crippen LogP contribution in [0, 0.1) is 6.92 Å². The van der Waals surface area contributed by atoms with E-state index in [1.54, 1.807) is 17.8 Å².